The molecule has 0 amide bonds. The molecule has 1 saturated carbocycles. The van der Waals surface area contributed by atoms with E-state index in [1.54, 1.807) is 6.92 Å². The van der Waals surface area contributed by atoms with Crippen LogP contribution in [0.15, 0.2) is 12.2 Å². The van der Waals surface area contributed by atoms with Crippen molar-refractivity contribution >= 4 is 17.9 Å². The number of hydrogen-bond acceptors (Lipinski definition) is 4. The van der Waals surface area contributed by atoms with Crippen LogP contribution in [0.1, 0.15) is 46.0 Å². The van der Waals surface area contributed by atoms with Crippen molar-refractivity contribution in [3.8, 4) is 0 Å². The number of ether oxygens (including phenoxy) is 1. The van der Waals surface area contributed by atoms with Gasteiger partial charge in [-0.25, -0.2) is 4.79 Å². The first-order valence-electron chi connectivity index (χ1n) is 7.03. The maximum absolute atomic E-state index is 11.7. The predicted octanol–water partition coefficient (Wildman–Crippen LogP) is 2.23. The second-order valence-electron chi connectivity index (χ2n) is 5.80. The molecule has 3 atom stereocenters. The van der Waals surface area contributed by atoms with Crippen LogP contribution in [-0.2, 0) is 19.1 Å². The van der Waals surface area contributed by atoms with Crippen molar-refractivity contribution in [1.29, 1.82) is 0 Å². The first-order chi connectivity index (χ1) is 9.70. The number of carbonyl (C=O) groups is 3. The number of esters is 1. The summed E-state index contributed by atoms with van der Waals surface area (Å²) < 4.78 is 5.12. The Morgan fingerprint density at radius 1 is 1.33 bits per heavy atom. The number of rotatable bonds is 6. The van der Waals surface area contributed by atoms with Gasteiger partial charge in [-0.3, -0.25) is 9.59 Å². The smallest absolute Gasteiger partial charge is 0.333 e. The molecule has 0 bridgehead atoms. The van der Waals surface area contributed by atoms with E-state index in [1.807, 2.05) is 0 Å². The Morgan fingerprint density at radius 3 is 2.43 bits per heavy atom. The normalized spacial score (nSPS) is 26.7. The lowest BCUT2D eigenvalue weighted by molar-refractivity contribution is -0.170. The average molecular weight is 298 g/mol. The molecule has 3 unspecified atom stereocenters. The summed E-state index contributed by atoms with van der Waals surface area (Å²) in [6, 6.07) is 0. The largest absolute Gasteiger partial charge is 0.481 e. The Morgan fingerprint density at radius 2 is 1.95 bits per heavy atom. The zero-order valence-electron chi connectivity index (χ0n) is 12.4. The number of carbonyl (C=O) groups excluding carboxylic acids is 1. The molecule has 0 spiro atoms. The van der Waals surface area contributed by atoms with Gasteiger partial charge in [-0.1, -0.05) is 19.4 Å². The van der Waals surface area contributed by atoms with Crippen LogP contribution in [0.2, 0.25) is 0 Å². The second-order valence-corrected chi connectivity index (χ2v) is 5.80. The third kappa shape index (κ3) is 3.83. The molecular weight excluding hydrogens is 276 g/mol. The summed E-state index contributed by atoms with van der Waals surface area (Å²) in [5.74, 6) is -3.77. The maximum Gasteiger partial charge on any atom is 0.333 e. The molecule has 0 aromatic heterocycles. The van der Waals surface area contributed by atoms with Crippen molar-refractivity contribution in [3.05, 3.63) is 12.2 Å². The average Bonchev–Trinajstić information content (AvgIpc) is 2.38. The van der Waals surface area contributed by atoms with E-state index in [1.165, 1.54) is 6.92 Å². The van der Waals surface area contributed by atoms with Crippen molar-refractivity contribution in [2.45, 2.75) is 52.1 Å². The molecule has 6 nitrogen and oxygen atoms in total. The zero-order valence-corrected chi connectivity index (χ0v) is 12.4. The van der Waals surface area contributed by atoms with Gasteiger partial charge in [0.1, 0.15) is 6.10 Å². The van der Waals surface area contributed by atoms with E-state index in [0.717, 1.165) is 0 Å². The molecule has 2 N–H and O–H groups in total. The number of carboxylic acids is 2. The van der Waals surface area contributed by atoms with E-state index >= 15 is 0 Å². The summed E-state index contributed by atoms with van der Waals surface area (Å²) in [6.07, 6.45) is 1.31. The molecule has 6 heteroatoms. The quantitative estimate of drug-likeness (QED) is 0.576. The van der Waals surface area contributed by atoms with Gasteiger partial charge in [-0.15, -0.1) is 0 Å². The fourth-order valence-electron chi connectivity index (χ4n) is 3.02. The van der Waals surface area contributed by atoms with Gasteiger partial charge in [0.15, 0.2) is 0 Å². The lowest BCUT2D eigenvalue weighted by Gasteiger charge is -2.39. The minimum Gasteiger partial charge on any atom is -0.481 e. The Kier molecular flexibility index (Phi) is 5.52. The molecular formula is C15H22O6. The minimum absolute atomic E-state index is 0.00167. The van der Waals surface area contributed by atoms with E-state index < -0.39 is 35.3 Å². The Bertz CT molecular complexity index is 455. The monoisotopic (exact) mass is 298 g/mol. The van der Waals surface area contributed by atoms with Crippen LogP contribution in [0, 0.1) is 11.3 Å². The van der Waals surface area contributed by atoms with Gasteiger partial charge in [0.2, 0.25) is 0 Å². The van der Waals surface area contributed by atoms with Crippen LogP contribution >= 0.6 is 0 Å². The summed E-state index contributed by atoms with van der Waals surface area (Å²) in [4.78, 5) is 34.6. The van der Waals surface area contributed by atoms with Gasteiger partial charge >= 0.3 is 17.9 Å². The Hall–Kier alpha value is -1.85. The van der Waals surface area contributed by atoms with Crippen molar-refractivity contribution in [1.82, 2.24) is 0 Å². The molecule has 1 aliphatic rings. The molecule has 0 radical (unpaired) electrons. The van der Waals surface area contributed by atoms with Crippen LogP contribution in [0.3, 0.4) is 0 Å². The molecule has 1 fully saturated rings. The Labute approximate surface area is 123 Å². The van der Waals surface area contributed by atoms with Gasteiger partial charge in [-0.05, 0) is 26.7 Å². The summed E-state index contributed by atoms with van der Waals surface area (Å²) in [6.45, 7) is 6.55. The molecule has 0 heterocycles. The van der Waals surface area contributed by atoms with Gasteiger partial charge in [0.25, 0.3) is 0 Å². The highest BCUT2D eigenvalue weighted by Crippen LogP contribution is 2.45. The van der Waals surface area contributed by atoms with E-state index in [4.69, 9.17) is 4.74 Å². The van der Waals surface area contributed by atoms with Crippen LogP contribution in [0.4, 0.5) is 0 Å². The van der Waals surface area contributed by atoms with Crippen LogP contribution in [0.25, 0.3) is 0 Å². The summed E-state index contributed by atoms with van der Waals surface area (Å²) >= 11 is 0. The van der Waals surface area contributed by atoms with Crippen LogP contribution < -0.4 is 0 Å². The molecule has 0 aromatic rings. The Balaban J connectivity index is 2.94. The first-order valence-corrected chi connectivity index (χ1v) is 7.03. The fourth-order valence-corrected chi connectivity index (χ4v) is 3.02. The fraction of sp³-hybridized carbons (Fsp3) is 0.667. The highest BCUT2D eigenvalue weighted by atomic mass is 16.5. The summed E-state index contributed by atoms with van der Waals surface area (Å²) in [5, 5.41) is 18.9. The van der Waals surface area contributed by atoms with Crippen LogP contribution in [0.5, 0.6) is 0 Å². The van der Waals surface area contributed by atoms with Crippen LogP contribution in [-0.4, -0.2) is 34.2 Å². The lowest BCUT2D eigenvalue weighted by Crippen LogP contribution is -2.47. The number of aliphatic carboxylic acids is 2. The molecule has 0 saturated heterocycles. The highest BCUT2D eigenvalue weighted by Gasteiger charge is 2.51. The maximum atomic E-state index is 11.7. The molecule has 0 aromatic carbocycles. The van der Waals surface area contributed by atoms with Gasteiger partial charge in [0.05, 0.1) is 11.3 Å². The third-order valence-corrected chi connectivity index (χ3v) is 4.07. The first kappa shape index (κ1) is 17.2. The molecule has 21 heavy (non-hydrogen) atoms. The van der Waals surface area contributed by atoms with Gasteiger partial charge < -0.3 is 14.9 Å². The molecule has 118 valence electrons. The molecule has 0 aliphatic heterocycles. The van der Waals surface area contributed by atoms with E-state index in [0.29, 0.717) is 19.3 Å². The summed E-state index contributed by atoms with van der Waals surface area (Å²) in [7, 11) is 0. The predicted molar refractivity (Wildman–Crippen MR) is 74.6 cm³/mol. The van der Waals surface area contributed by atoms with Gasteiger partial charge in [-0.2, -0.15) is 0 Å². The van der Waals surface area contributed by atoms with Crippen molar-refractivity contribution < 1.29 is 29.3 Å². The second kappa shape index (κ2) is 6.74. The van der Waals surface area contributed by atoms with Crippen molar-refractivity contribution in [3.63, 3.8) is 0 Å². The topological polar surface area (TPSA) is 101 Å². The zero-order chi connectivity index (χ0) is 16.2. The SMILES string of the molecule is C=C(C)C(=O)OC(C)CC1(C(=O)O)CCCCC1C(=O)O. The lowest BCUT2D eigenvalue weighted by atomic mass is 9.63. The van der Waals surface area contributed by atoms with E-state index in [2.05, 4.69) is 6.58 Å². The molecule has 1 aliphatic carbocycles. The third-order valence-electron chi connectivity index (χ3n) is 4.07. The van der Waals surface area contributed by atoms with Crippen molar-refractivity contribution in [2.75, 3.05) is 0 Å². The van der Waals surface area contributed by atoms with E-state index in [-0.39, 0.29) is 18.4 Å². The molecule has 1 rings (SSSR count). The number of carboxylic acid groups (broad SMARTS) is 2. The highest BCUT2D eigenvalue weighted by molar-refractivity contribution is 5.87. The van der Waals surface area contributed by atoms with Crippen molar-refractivity contribution in [2.24, 2.45) is 11.3 Å². The minimum atomic E-state index is -1.38. The van der Waals surface area contributed by atoms with Gasteiger partial charge in [0, 0.05) is 12.0 Å². The van der Waals surface area contributed by atoms with E-state index in [9.17, 15) is 24.6 Å². The summed E-state index contributed by atoms with van der Waals surface area (Å²) in [5.41, 5.74) is -1.15. The number of hydrogen-bond donors (Lipinski definition) is 2. The standard InChI is InChI=1S/C15H22O6/c1-9(2)13(18)21-10(3)8-15(14(19)20)7-5-4-6-11(15)12(16)17/h10-11H,1,4-8H2,2-3H3,(H,16,17)(H,19,20).